The Morgan fingerprint density at radius 2 is 1.88 bits per heavy atom. The van der Waals surface area contributed by atoms with Gasteiger partial charge in [-0.05, 0) is 5.56 Å². The summed E-state index contributed by atoms with van der Waals surface area (Å²) in [7, 11) is 0. The van der Waals surface area contributed by atoms with Gasteiger partial charge in [-0.1, -0.05) is 30.3 Å². The number of anilines is 1. The Labute approximate surface area is 105 Å². The summed E-state index contributed by atoms with van der Waals surface area (Å²) >= 11 is 2.02. The van der Waals surface area contributed by atoms with Crippen LogP contribution in [0.2, 0.25) is 0 Å². The summed E-state index contributed by atoms with van der Waals surface area (Å²) in [5, 5.41) is 7.34. The van der Waals surface area contributed by atoms with Crippen LogP contribution >= 0.6 is 11.8 Å². The molecule has 0 aliphatic carbocycles. The number of nitrogens with one attached hydrogen (secondary N) is 1. The molecule has 3 rings (SSSR count). The Kier molecular flexibility index (Phi) is 3.05. The van der Waals surface area contributed by atoms with Gasteiger partial charge in [-0.25, -0.2) is 0 Å². The van der Waals surface area contributed by atoms with Gasteiger partial charge in [0, 0.05) is 30.2 Å². The third kappa shape index (κ3) is 2.17. The maximum absolute atomic E-state index is 4.20. The molecule has 0 radical (unpaired) electrons. The van der Waals surface area contributed by atoms with Gasteiger partial charge in [0.2, 0.25) is 0 Å². The van der Waals surface area contributed by atoms with Crippen molar-refractivity contribution in [2.45, 2.75) is 0 Å². The smallest absolute Gasteiger partial charge is 0.132 e. The first-order chi connectivity index (χ1) is 8.45. The zero-order valence-corrected chi connectivity index (χ0v) is 10.4. The van der Waals surface area contributed by atoms with Crippen LogP contribution in [0.5, 0.6) is 0 Å². The minimum Gasteiger partial charge on any atom is -0.355 e. The molecule has 1 fully saturated rings. The van der Waals surface area contributed by atoms with Crippen molar-refractivity contribution >= 4 is 17.6 Å². The van der Waals surface area contributed by atoms with E-state index in [2.05, 4.69) is 39.4 Å². The molecule has 17 heavy (non-hydrogen) atoms. The van der Waals surface area contributed by atoms with Crippen LogP contribution in [-0.4, -0.2) is 34.8 Å². The number of nitrogens with zero attached hydrogens (tertiary/aromatic N) is 2. The lowest BCUT2D eigenvalue weighted by Gasteiger charge is -2.27. The van der Waals surface area contributed by atoms with Crippen molar-refractivity contribution in [3.63, 3.8) is 0 Å². The summed E-state index contributed by atoms with van der Waals surface area (Å²) in [6.45, 7) is 2.21. The first-order valence-corrected chi connectivity index (χ1v) is 7.02. The van der Waals surface area contributed by atoms with Crippen LogP contribution < -0.4 is 4.90 Å². The van der Waals surface area contributed by atoms with Crippen LogP contribution in [0.25, 0.3) is 11.1 Å². The van der Waals surface area contributed by atoms with Gasteiger partial charge in [0.05, 0.1) is 6.20 Å². The molecule has 3 nitrogen and oxygen atoms in total. The highest BCUT2D eigenvalue weighted by Crippen LogP contribution is 2.29. The van der Waals surface area contributed by atoms with E-state index in [1.54, 1.807) is 0 Å². The van der Waals surface area contributed by atoms with E-state index < -0.39 is 0 Å². The van der Waals surface area contributed by atoms with E-state index in [9.17, 15) is 0 Å². The predicted molar refractivity (Wildman–Crippen MR) is 73.6 cm³/mol. The molecular formula is C13H15N3S. The average Bonchev–Trinajstić information content (AvgIpc) is 2.90. The molecule has 0 unspecified atom stereocenters. The number of rotatable bonds is 2. The highest BCUT2D eigenvalue weighted by atomic mass is 32.2. The highest BCUT2D eigenvalue weighted by Gasteiger charge is 2.16. The van der Waals surface area contributed by atoms with Crippen molar-refractivity contribution in [1.29, 1.82) is 0 Å². The number of aromatic nitrogens is 2. The van der Waals surface area contributed by atoms with Gasteiger partial charge in [0.25, 0.3) is 0 Å². The molecule has 1 N–H and O–H groups in total. The van der Waals surface area contributed by atoms with E-state index in [-0.39, 0.29) is 0 Å². The van der Waals surface area contributed by atoms with Gasteiger partial charge < -0.3 is 4.90 Å². The van der Waals surface area contributed by atoms with Crippen LogP contribution in [0.1, 0.15) is 0 Å². The molecule has 1 aromatic heterocycles. The summed E-state index contributed by atoms with van der Waals surface area (Å²) in [5.41, 5.74) is 2.44. The Hall–Kier alpha value is -1.42. The Bertz CT molecular complexity index is 474. The summed E-state index contributed by atoms with van der Waals surface area (Å²) in [6.07, 6.45) is 1.92. The average molecular weight is 245 g/mol. The molecule has 2 aromatic rings. The Morgan fingerprint density at radius 1 is 1.12 bits per heavy atom. The number of hydrogen-bond donors (Lipinski definition) is 1. The lowest BCUT2D eigenvalue weighted by atomic mass is 10.1. The molecule has 88 valence electrons. The van der Waals surface area contributed by atoms with Gasteiger partial charge >= 0.3 is 0 Å². The first kappa shape index (κ1) is 10.7. The van der Waals surface area contributed by atoms with E-state index in [0.717, 1.165) is 18.9 Å². The van der Waals surface area contributed by atoms with Crippen molar-refractivity contribution < 1.29 is 0 Å². The lowest BCUT2D eigenvalue weighted by molar-refractivity contribution is 0.834. The molecule has 0 atom stereocenters. The van der Waals surface area contributed by atoms with Gasteiger partial charge in [0.15, 0.2) is 0 Å². The van der Waals surface area contributed by atoms with Crippen molar-refractivity contribution in [1.82, 2.24) is 10.2 Å². The topological polar surface area (TPSA) is 31.9 Å². The van der Waals surface area contributed by atoms with Crippen LogP contribution in [0.4, 0.5) is 5.82 Å². The Balaban J connectivity index is 1.93. The van der Waals surface area contributed by atoms with Crippen molar-refractivity contribution in [2.24, 2.45) is 0 Å². The minimum absolute atomic E-state index is 1.10. The fraction of sp³-hybridized carbons (Fsp3) is 0.308. The molecular weight excluding hydrogens is 230 g/mol. The second-order valence-electron chi connectivity index (χ2n) is 4.10. The number of benzene rings is 1. The highest BCUT2D eigenvalue weighted by molar-refractivity contribution is 7.99. The van der Waals surface area contributed by atoms with E-state index in [1.165, 1.54) is 22.6 Å². The summed E-state index contributed by atoms with van der Waals surface area (Å²) in [6, 6.07) is 10.4. The normalized spacial score (nSPS) is 16.1. The lowest BCUT2D eigenvalue weighted by Crippen LogP contribution is -2.33. The predicted octanol–water partition coefficient (Wildman–Crippen LogP) is 2.63. The van der Waals surface area contributed by atoms with Gasteiger partial charge in [0.1, 0.15) is 5.82 Å². The fourth-order valence-electron chi connectivity index (χ4n) is 2.14. The number of thioether (sulfide) groups is 1. The molecule has 1 aliphatic heterocycles. The fourth-order valence-corrected chi connectivity index (χ4v) is 3.04. The monoisotopic (exact) mass is 245 g/mol. The van der Waals surface area contributed by atoms with Crippen molar-refractivity contribution in [2.75, 3.05) is 29.5 Å². The van der Waals surface area contributed by atoms with E-state index in [4.69, 9.17) is 0 Å². The molecule has 0 amide bonds. The summed E-state index contributed by atoms with van der Waals surface area (Å²) in [5.74, 6) is 3.57. The van der Waals surface area contributed by atoms with Crippen LogP contribution in [-0.2, 0) is 0 Å². The molecule has 0 saturated carbocycles. The molecule has 2 heterocycles. The van der Waals surface area contributed by atoms with Crippen LogP contribution in [0, 0.1) is 0 Å². The standard InChI is InChI=1S/C13H15N3S/c1-2-4-11(5-3-1)12-10-14-15-13(12)16-6-8-17-9-7-16/h1-5,10H,6-9H2,(H,14,15). The van der Waals surface area contributed by atoms with Crippen LogP contribution in [0.15, 0.2) is 36.5 Å². The molecule has 4 heteroatoms. The largest absolute Gasteiger partial charge is 0.355 e. The molecule has 1 saturated heterocycles. The SMILES string of the molecule is c1ccc(-c2cn[nH]c2N2CCSCC2)cc1. The van der Waals surface area contributed by atoms with E-state index >= 15 is 0 Å². The molecule has 0 bridgehead atoms. The third-order valence-corrected chi connectivity index (χ3v) is 3.97. The van der Waals surface area contributed by atoms with E-state index in [0.29, 0.717) is 0 Å². The van der Waals surface area contributed by atoms with Gasteiger partial charge in [-0.2, -0.15) is 16.9 Å². The zero-order chi connectivity index (χ0) is 11.5. The van der Waals surface area contributed by atoms with Gasteiger partial charge in [-0.15, -0.1) is 0 Å². The number of aromatic amines is 1. The number of hydrogen-bond acceptors (Lipinski definition) is 3. The van der Waals surface area contributed by atoms with Crippen LogP contribution in [0.3, 0.4) is 0 Å². The Morgan fingerprint density at radius 3 is 2.65 bits per heavy atom. The summed E-state index contributed by atoms with van der Waals surface area (Å²) < 4.78 is 0. The van der Waals surface area contributed by atoms with E-state index in [1.807, 2.05) is 24.0 Å². The quantitative estimate of drug-likeness (QED) is 0.882. The number of H-pyrrole nitrogens is 1. The first-order valence-electron chi connectivity index (χ1n) is 5.86. The maximum Gasteiger partial charge on any atom is 0.132 e. The third-order valence-electron chi connectivity index (χ3n) is 3.03. The second-order valence-corrected chi connectivity index (χ2v) is 5.32. The van der Waals surface area contributed by atoms with Gasteiger partial charge in [-0.3, -0.25) is 5.10 Å². The minimum atomic E-state index is 1.10. The maximum atomic E-state index is 4.20. The summed E-state index contributed by atoms with van der Waals surface area (Å²) in [4.78, 5) is 2.39. The van der Waals surface area contributed by atoms with Crippen molar-refractivity contribution in [3.05, 3.63) is 36.5 Å². The van der Waals surface area contributed by atoms with Crippen molar-refractivity contribution in [3.8, 4) is 11.1 Å². The zero-order valence-electron chi connectivity index (χ0n) is 9.60. The molecule has 0 spiro atoms. The molecule has 1 aliphatic rings. The molecule has 1 aromatic carbocycles. The second kappa shape index (κ2) is 4.84.